The van der Waals surface area contributed by atoms with Crippen LogP contribution in [-0.2, 0) is 4.74 Å². The van der Waals surface area contributed by atoms with Gasteiger partial charge in [-0.3, -0.25) is 4.99 Å². The Morgan fingerprint density at radius 2 is 1.88 bits per heavy atom. The Bertz CT molecular complexity index is 482. The number of nitrogens with one attached hydrogen (secondary N) is 2. The second-order valence-electron chi connectivity index (χ2n) is 5.73. The van der Waals surface area contributed by atoms with Crippen molar-refractivity contribution >= 4 is 29.9 Å². The first-order chi connectivity index (χ1) is 11.6. The fourth-order valence-electron chi connectivity index (χ4n) is 2.30. The van der Waals surface area contributed by atoms with E-state index in [-0.39, 0.29) is 35.8 Å². The van der Waals surface area contributed by atoms with E-state index >= 15 is 0 Å². The van der Waals surface area contributed by atoms with Crippen molar-refractivity contribution in [2.45, 2.75) is 26.3 Å². The zero-order valence-electron chi connectivity index (χ0n) is 15.7. The van der Waals surface area contributed by atoms with Gasteiger partial charge in [0.15, 0.2) is 5.96 Å². The van der Waals surface area contributed by atoms with Crippen LogP contribution in [0.3, 0.4) is 0 Å². The van der Waals surface area contributed by atoms with Crippen LogP contribution in [0.4, 0.5) is 4.39 Å². The predicted molar refractivity (Wildman–Crippen MR) is 113 cm³/mol. The number of aliphatic imine (C=N–C) groups is 1. The van der Waals surface area contributed by atoms with E-state index in [0.717, 1.165) is 44.2 Å². The molecule has 0 bridgehead atoms. The number of guanidine groups is 1. The Balaban J connectivity index is 0.00000576. The highest BCUT2D eigenvalue weighted by Gasteiger charge is 2.14. The number of nitrogens with zero attached hydrogens (tertiary/aromatic N) is 2. The predicted octanol–water partition coefficient (Wildman–Crippen LogP) is 3.03. The molecule has 0 aliphatic heterocycles. The molecular weight excluding hydrogens is 434 g/mol. The fraction of sp³-hybridized carbons (Fsp3) is 0.611. The van der Waals surface area contributed by atoms with Crippen LogP contribution >= 0.6 is 24.0 Å². The summed E-state index contributed by atoms with van der Waals surface area (Å²) >= 11 is 0. The molecule has 5 nitrogen and oxygen atoms in total. The maximum absolute atomic E-state index is 13.1. The van der Waals surface area contributed by atoms with Crippen molar-refractivity contribution < 1.29 is 9.13 Å². The minimum absolute atomic E-state index is 0. The van der Waals surface area contributed by atoms with Crippen LogP contribution in [-0.4, -0.2) is 57.8 Å². The van der Waals surface area contributed by atoms with E-state index in [4.69, 9.17) is 4.74 Å². The molecule has 0 spiro atoms. The summed E-state index contributed by atoms with van der Waals surface area (Å²) in [5.41, 5.74) is 1.05. The van der Waals surface area contributed by atoms with Gasteiger partial charge in [-0.05, 0) is 52.1 Å². The quantitative estimate of drug-likeness (QED) is 0.241. The number of ether oxygens (including phenoxy) is 1. The van der Waals surface area contributed by atoms with Gasteiger partial charge >= 0.3 is 0 Å². The van der Waals surface area contributed by atoms with Gasteiger partial charge in [-0.1, -0.05) is 12.1 Å². The summed E-state index contributed by atoms with van der Waals surface area (Å²) in [6, 6.07) is 6.72. The van der Waals surface area contributed by atoms with E-state index in [0.29, 0.717) is 6.54 Å². The molecule has 2 N–H and O–H groups in total. The molecule has 0 saturated carbocycles. The topological polar surface area (TPSA) is 48.9 Å². The first kappa shape index (κ1) is 24.1. The van der Waals surface area contributed by atoms with Crippen LogP contribution in [0.15, 0.2) is 29.3 Å². The van der Waals surface area contributed by atoms with Gasteiger partial charge in [0.05, 0.1) is 12.6 Å². The molecule has 0 aromatic heterocycles. The van der Waals surface area contributed by atoms with Crippen molar-refractivity contribution in [1.29, 1.82) is 0 Å². The van der Waals surface area contributed by atoms with Crippen LogP contribution in [0, 0.1) is 5.82 Å². The molecule has 7 heteroatoms. The third-order valence-electron chi connectivity index (χ3n) is 3.61. The van der Waals surface area contributed by atoms with Gasteiger partial charge in [-0.2, -0.15) is 0 Å². The fourth-order valence-corrected chi connectivity index (χ4v) is 2.30. The van der Waals surface area contributed by atoms with E-state index in [9.17, 15) is 4.39 Å². The molecule has 0 aliphatic rings. The average molecular weight is 466 g/mol. The Kier molecular flexibility index (Phi) is 13.7. The molecule has 0 radical (unpaired) electrons. The summed E-state index contributed by atoms with van der Waals surface area (Å²) in [7, 11) is 4.01. The molecule has 0 heterocycles. The van der Waals surface area contributed by atoms with E-state index in [2.05, 4.69) is 20.5 Å². The summed E-state index contributed by atoms with van der Waals surface area (Å²) in [5, 5.41) is 6.56. The van der Waals surface area contributed by atoms with Crippen LogP contribution in [0.2, 0.25) is 0 Å². The first-order valence-corrected chi connectivity index (χ1v) is 8.60. The molecule has 1 atom stereocenters. The van der Waals surface area contributed by atoms with Gasteiger partial charge in [0.25, 0.3) is 0 Å². The van der Waals surface area contributed by atoms with E-state index in [1.807, 2.05) is 40.1 Å². The lowest BCUT2D eigenvalue weighted by molar-refractivity contribution is 0.145. The van der Waals surface area contributed by atoms with Crippen LogP contribution in [0.5, 0.6) is 0 Å². The highest BCUT2D eigenvalue weighted by molar-refractivity contribution is 14.0. The second kappa shape index (κ2) is 14.3. The lowest BCUT2D eigenvalue weighted by Crippen LogP contribution is -2.38. The molecule has 25 heavy (non-hydrogen) atoms. The maximum atomic E-state index is 13.1. The zero-order valence-corrected chi connectivity index (χ0v) is 18.0. The number of halogens is 2. The number of hydrogen-bond donors (Lipinski definition) is 2. The molecular formula is C18H32FIN4O. The average Bonchev–Trinajstić information content (AvgIpc) is 2.56. The second-order valence-corrected chi connectivity index (χ2v) is 5.73. The van der Waals surface area contributed by atoms with Crippen LogP contribution < -0.4 is 10.6 Å². The Morgan fingerprint density at radius 1 is 1.20 bits per heavy atom. The Morgan fingerprint density at radius 3 is 2.44 bits per heavy atom. The molecule has 0 amide bonds. The third kappa shape index (κ3) is 9.96. The first-order valence-electron chi connectivity index (χ1n) is 8.60. The van der Waals surface area contributed by atoms with Crippen molar-refractivity contribution in [3.05, 3.63) is 35.6 Å². The molecule has 0 aliphatic carbocycles. The summed E-state index contributed by atoms with van der Waals surface area (Å²) in [6.07, 6.45) is 0.938. The summed E-state index contributed by atoms with van der Waals surface area (Å²) in [6.45, 7) is 7.75. The number of rotatable bonds is 10. The third-order valence-corrected chi connectivity index (χ3v) is 3.61. The standard InChI is InChI=1S/C18H31FN4O.HI/c1-5-20-18(21-12-7-13-24-6-2)22-14-17(23(3)4)15-8-10-16(19)11-9-15;/h8-11,17H,5-7,12-14H2,1-4H3,(H2,20,21,22);1H. The smallest absolute Gasteiger partial charge is 0.191 e. The highest BCUT2D eigenvalue weighted by Crippen LogP contribution is 2.18. The van der Waals surface area contributed by atoms with Crippen molar-refractivity contribution in [1.82, 2.24) is 15.5 Å². The molecule has 0 fully saturated rings. The normalized spacial score (nSPS) is 12.6. The van der Waals surface area contributed by atoms with E-state index in [1.54, 1.807) is 0 Å². The Labute approximate surface area is 168 Å². The van der Waals surface area contributed by atoms with Gasteiger partial charge in [0.1, 0.15) is 5.82 Å². The van der Waals surface area contributed by atoms with Gasteiger partial charge < -0.3 is 20.3 Å². The summed E-state index contributed by atoms with van der Waals surface area (Å²) in [4.78, 5) is 6.76. The molecule has 1 rings (SSSR count). The SMILES string of the molecule is CCNC(=NCC(c1ccc(F)cc1)N(C)C)NCCCOCC.I. The van der Waals surface area contributed by atoms with Crippen molar-refractivity contribution in [2.24, 2.45) is 4.99 Å². The van der Waals surface area contributed by atoms with Gasteiger partial charge in [0.2, 0.25) is 0 Å². The number of likely N-dealkylation sites (N-methyl/N-ethyl adjacent to an activating group) is 1. The molecule has 144 valence electrons. The Hall–Kier alpha value is -0.930. The molecule has 0 saturated heterocycles. The minimum atomic E-state index is -0.218. The van der Waals surface area contributed by atoms with E-state index < -0.39 is 0 Å². The largest absolute Gasteiger partial charge is 0.382 e. The molecule has 1 aromatic rings. The van der Waals surface area contributed by atoms with Gasteiger partial charge in [0, 0.05) is 26.3 Å². The number of benzene rings is 1. The van der Waals surface area contributed by atoms with E-state index in [1.165, 1.54) is 12.1 Å². The van der Waals surface area contributed by atoms with Crippen LogP contribution in [0.1, 0.15) is 31.9 Å². The summed E-state index contributed by atoms with van der Waals surface area (Å²) in [5.74, 6) is 0.576. The van der Waals surface area contributed by atoms with Crippen molar-refractivity contribution in [3.63, 3.8) is 0 Å². The maximum Gasteiger partial charge on any atom is 0.191 e. The monoisotopic (exact) mass is 466 g/mol. The molecule has 1 unspecified atom stereocenters. The number of hydrogen-bond acceptors (Lipinski definition) is 3. The summed E-state index contributed by atoms with van der Waals surface area (Å²) < 4.78 is 18.5. The lowest BCUT2D eigenvalue weighted by atomic mass is 10.1. The minimum Gasteiger partial charge on any atom is -0.382 e. The zero-order chi connectivity index (χ0) is 17.8. The van der Waals surface area contributed by atoms with Crippen molar-refractivity contribution in [2.75, 3.05) is 46.9 Å². The highest BCUT2D eigenvalue weighted by atomic mass is 127. The van der Waals surface area contributed by atoms with Crippen molar-refractivity contribution in [3.8, 4) is 0 Å². The van der Waals surface area contributed by atoms with Gasteiger partial charge in [-0.25, -0.2) is 4.39 Å². The van der Waals surface area contributed by atoms with Gasteiger partial charge in [-0.15, -0.1) is 24.0 Å². The van der Waals surface area contributed by atoms with Crippen LogP contribution in [0.25, 0.3) is 0 Å². The molecule has 1 aromatic carbocycles. The lowest BCUT2D eigenvalue weighted by Gasteiger charge is -2.23.